The van der Waals surface area contributed by atoms with Gasteiger partial charge < -0.3 is 15.7 Å². The summed E-state index contributed by atoms with van der Waals surface area (Å²) in [4.78, 5) is 10.6. The van der Waals surface area contributed by atoms with Crippen LogP contribution in [0.15, 0.2) is 24.3 Å². The van der Waals surface area contributed by atoms with E-state index in [1.165, 1.54) is 0 Å². The van der Waals surface area contributed by atoms with Crippen molar-refractivity contribution in [3.63, 3.8) is 0 Å². The number of hydrogen-bond acceptors (Lipinski definition) is 2. The Morgan fingerprint density at radius 2 is 1.80 bits per heavy atom. The molecule has 1 aromatic carbocycles. The van der Waals surface area contributed by atoms with E-state index in [1.54, 1.807) is 0 Å². The van der Waals surface area contributed by atoms with Gasteiger partial charge in [0.2, 0.25) is 3.79 Å². The predicted octanol–water partition coefficient (Wildman–Crippen LogP) is 3.25. The van der Waals surface area contributed by atoms with Gasteiger partial charge in [0.25, 0.3) is 0 Å². The highest BCUT2D eigenvalue weighted by molar-refractivity contribution is 7.80. The molecule has 5 nitrogen and oxygen atoms in total. The lowest BCUT2D eigenvalue weighted by molar-refractivity contribution is 0.189. The molecule has 0 aliphatic heterocycles. The van der Waals surface area contributed by atoms with Gasteiger partial charge in [-0.3, -0.25) is 5.32 Å². The van der Waals surface area contributed by atoms with Crippen molar-refractivity contribution in [1.29, 1.82) is 0 Å². The van der Waals surface area contributed by atoms with E-state index in [4.69, 9.17) is 52.1 Å². The largest absolute Gasteiger partial charge is 0.465 e. The van der Waals surface area contributed by atoms with Gasteiger partial charge in [0.1, 0.15) is 0 Å². The number of benzene rings is 1. The lowest BCUT2D eigenvalue weighted by Crippen LogP contribution is -2.55. The van der Waals surface area contributed by atoms with E-state index in [1.807, 2.05) is 36.5 Å². The summed E-state index contributed by atoms with van der Waals surface area (Å²) < 4.78 is -1.89. The molecule has 9 heteroatoms. The molecule has 0 bridgehead atoms. The fourth-order valence-corrected chi connectivity index (χ4v) is 1.82. The van der Waals surface area contributed by atoms with E-state index in [-0.39, 0.29) is 5.11 Å². The van der Waals surface area contributed by atoms with Gasteiger partial charge in [-0.1, -0.05) is 52.5 Å². The second-order valence-corrected chi connectivity index (χ2v) is 6.67. The summed E-state index contributed by atoms with van der Waals surface area (Å²) in [5, 5.41) is 16.3. The topological polar surface area (TPSA) is 73.4 Å². The van der Waals surface area contributed by atoms with Crippen molar-refractivity contribution in [2.45, 2.75) is 16.9 Å². The maximum absolute atomic E-state index is 10.6. The Labute approximate surface area is 136 Å². The Balaban J connectivity index is 2.66. The molecule has 0 saturated heterocycles. The maximum atomic E-state index is 10.6. The van der Waals surface area contributed by atoms with Gasteiger partial charge in [-0.25, -0.2) is 4.79 Å². The van der Waals surface area contributed by atoms with E-state index in [0.717, 1.165) is 11.3 Å². The Hall–Kier alpha value is -0.950. The summed E-state index contributed by atoms with van der Waals surface area (Å²) in [5.74, 6) is 0. The third kappa shape index (κ3) is 6.00. The minimum Gasteiger partial charge on any atom is -0.465 e. The molecular formula is C11H12Cl3N3O2S. The normalized spacial score (nSPS) is 12.4. The van der Waals surface area contributed by atoms with Crippen LogP contribution in [0, 0.1) is 6.92 Å². The van der Waals surface area contributed by atoms with Crippen LogP contribution in [0.25, 0.3) is 0 Å². The van der Waals surface area contributed by atoms with Crippen molar-refractivity contribution < 1.29 is 9.90 Å². The Morgan fingerprint density at radius 3 is 2.25 bits per heavy atom. The average molecular weight is 357 g/mol. The number of nitrogens with one attached hydrogen (secondary N) is 3. The van der Waals surface area contributed by atoms with Crippen molar-refractivity contribution in [2.24, 2.45) is 0 Å². The van der Waals surface area contributed by atoms with Crippen LogP contribution in [0.4, 0.5) is 10.5 Å². The van der Waals surface area contributed by atoms with Crippen LogP contribution >= 0.6 is 47.0 Å². The number of alkyl halides is 3. The molecule has 0 saturated carbocycles. The zero-order valence-electron chi connectivity index (χ0n) is 10.3. The number of hydrogen-bond donors (Lipinski definition) is 4. The number of thiocarbonyl (C=S) groups is 1. The molecule has 20 heavy (non-hydrogen) atoms. The summed E-state index contributed by atoms with van der Waals surface area (Å²) in [6.45, 7) is 1.95. The van der Waals surface area contributed by atoms with Crippen molar-refractivity contribution in [2.75, 3.05) is 5.32 Å². The van der Waals surface area contributed by atoms with Crippen LogP contribution in [-0.2, 0) is 0 Å². The number of carbonyl (C=O) groups is 1. The predicted molar refractivity (Wildman–Crippen MR) is 85.8 cm³/mol. The summed E-state index contributed by atoms with van der Waals surface area (Å²) >= 11 is 22.0. The maximum Gasteiger partial charge on any atom is 0.406 e. The molecule has 1 atom stereocenters. The Kier molecular flexibility index (Phi) is 6.13. The molecule has 0 aromatic heterocycles. The number of rotatable bonds is 3. The smallest absolute Gasteiger partial charge is 0.406 e. The fraction of sp³-hybridized carbons (Fsp3) is 0.273. The number of amides is 1. The quantitative estimate of drug-likeness (QED) is 0.380. The van der Waals surface area contributed by atoms with Crippen LogP contribution in [-0.4, -0.2) is 26.3 Å². The van der Waals surface area contributed by atoms with Gasteiger partial charge >= 0.3 is 6.09 Å². The SMILES string of the molecule is Cc1ccc(NC(=S)N[C@@H](NC(=O)O)C(Cl)(Cl)Cl)cc1. The second-order valence-electron chi connectivity index (χ2n) is 3.89. The highest BCUT2D eigenvalue weighted by Crippen LogP contribution is 2.29. The standard InChI is InChI=1S/C11H12Cl3N3O2S/c1-6-2-4-7(5-3-6)15-9(20)16-8(11(12,13)14)17-10(18)19/h2-5,8,17H,1H3,(H,18,19)(H2,15,16,20)/t8-/m0/s1. The summed E-state index contributed by atoms with van der Waals surface area (Å²) in [5.41, 5.74) is 1.83. The van der Waals surface area contributed by atoms with E-state index in [0.29, 0.717) is 0 Å². The first-order valence-corrected chi connectivity index (χ1v) is 6.93. The lowest BCUT2D eigenvalue weighted by atomic mass is 10.2. The molecule has 0 aliphatic rings. The van der Waals surface area contributed by atoms with Gasteiger partial charge in [0.05, 0.1) is 0 Å². The van der Waals surface area contributed by atoms with E-state index < -0.39 is 16.1 Å². The van der Waals surface area contributed by atoms with Crippen molar-refractivity contribution in [3.8, 4) is 0 Å². The summed E-state index contributed by atoms with van der Waals surface area (Å²) in [6, 6.07) is 7.43. The molecule has 0 unspecified atom stereocenters. The van der Waals surface area contributed by atoms with Crippen LogP contribution in [0.2, 0.25) is 0 Å². The zero-order valence-corrected chi connectivity index (χ0v) is 13.4. The number of halogens is 3. The Bertz CT molecular complexity index is 491. The van der Waals surface area contributed by atoms with E-state index >= 15 is 0 Å². The molecule has 1 amide bonds. The Morgan fingerprint density at radius 1 is 1.25 bits per heavy atom. The number of carboxylic acid groups (broad SMARTS) is 1. The molecule has 110 valence electrons. The molecule has 1 aromatic rings. The van der Waals surface area contributed by atoms with Crippen LogP contribution in [0.3, 0.4) is 0 Å². The van der Waals surface area contributed by atoms with Crippen molar-refractivity contribution >= 4 is 63.9 Å². The highest BCUT2D eigenvalue weighted by atomic mass is 35.6. The van der Waals surface area contributed by atoms with E-state index in [9.17, 15) is 4.79 Å². The average Bonchev–Trinajstić information content (AvgIpc) is 2.29. The molecule has 1 rings (SSSR count). The lowest BCUT2D eigenvalue weighted by Gasteiger charge is -2.26. The summed E-state index contributed by atoms with van der Waals surface area (Å²) in [6.07, 6.45) is -2.53. The van der Waals surface area contributed by atoms with Gasteiger partial charge in [0.15, 0.2) is 11.3 Å². The van der Waals surface area contributed by atoms with Gasteiger partial charge in [-0.15, -0.1) is 0 Å². The minimum atomic E-state index is -1.89. The van der Waals surface area contributed by atoms with Crippen molar-refractivity contribution in [3.05, 3.63) is 29.8 Å². The molecular weight excluding hydrogens is 345 g/mol. The third-order valence-corrected chi connectivity index (χ3v) is 3.05. The molecule has 4 N–H and O–H groups in total. The first-order valence-electron chi connectivity index (χ1n) is 5.39. The first-order chi connectivity index (χ1) is 9.18. The molecule has 0 radical (unpaired) electrons. The van der Waals surface area contributed by atoms with Gasteiger partial charge in [-0.05, 0) is 31.3 Å². The zero-order chi connectivity index (χ0) is 15.3. The number of anilines is 1. The monoisotopic (exact) mass is 355 g/mol. The van der Waals surface area contributed by atoms with Crippen LogP contribution < -0.4 is 16.0 Å². The first kappa shape index (κ1) is 17.1. The molecule has 0 heterocycles. The highest BCUT2D eigenvalue weighted by Gasteiger charge is 2.34. The van der Waals surface area contributed by atoms with Crippen LogP contribution in [0.1, 0.15) is 5.56 Å². The second kappa shape index (κ2) is 7.17. The van der Waals surface area contributed by atoms with Crippen molar-refractivity contribution in [1.82, 2.24) is 10.6 Å². The van der Waals surface area contributed by atoms with E-state index in [2.05, 4.69) is 10.6 Å². The fourth-order valence-electron chi connectivity index (χ4n) is 1.26. The number of aryl methyl sites for hydroxylation is 1. The minimum absolute atomic E-state index is 0.124. The molecule has 0 fully saturated rings. The molecule has 0 spiro atoms. The summed E-state index contributed by atoms with van der Waals surface area (Å²) in [7, 11) is 0. The van der Waals surface area contributed by atoms with Gasteiger partial charge in [0, 0.05) is 5.69 Å². The molecule has 0 aliphatic carbocycles. The third-order valence-electron chi connectivity index (χ3n) is 2.18. The van der Waals surface area contributed by atoms with Gasteiger partial charge in [-0.2, -0.15) is 0 Å². The van der Waals surface area contributed by atoms with Crippen LogP contribution in [0.5, 0.6) is 0 Å².